The second kappa shape index (κ2) is 3.63. The Morgan fingerprint density at radius 3 is 3.00 bits per heavy atom. The summed E-state index contributed by atoms with van der Waals surface area (Å²) >= 11 is 3.26. The molecular weight excluding hydrogens is 264 g/mol. The van der Waals surface area contributed by atoms with Crippen LogP contribution >= 0.6 is 15.9 Å². The number of allylic oxidation sites excluding steroid dienone is 2. The first-order chi connectivity index (χ1) is 7.09. The van der Waals surface area contributed by atoms with Gasteiger partial charge >= 0.3 is 5.97 Å². The van der Waals surface area contributed by atoms with E-state index >= 15 is 0 Å². The second-order valence-electron chi connectivity index (χ2n) is 3.00. The highest BCUT2D eigenvalue weighted by Crippen LogP contribution is 2.22. The van der Waals surface area contributed by atoms with Gasteiger partial charge in [-0.1, -0.05) is 15.9 Å². The molecule has 0 spiro atoms. The van der Waals surface area contributed by atoms with Gasteiger partial charge in [0.2, 0.25) is 0 Å². The minimum Gasteiger partial charge on any atom is -0.478 e. The Hall–Kier alpha value is -1.40. The van der Waals surface area contributed by atoms with Gasteiger partial charge in [0, 0.05) is 16.9 Å². The van der Waals surface area contributed by atoms with Crippen molar-refractivity contribution in [2.24, 2.45) is 4.99 Å². The van der Waals surface area contributed by atoms with Crippen LogP contribution in [0.3, 0.4) is 0 Å². The van der Waals surface area contributed by atoms with E-state index in [1.807, 2.05) is 0 Å². The number of aliphatic imine (C=N–C) groups is 1. The zero-order chi connectivity index (χ0) is 11.0. The second-order valence-corrected chi connectivity index (χ2v) is 3.92. The Kier molecular flexibility index (Phi) is 2.45. The van der Waals surface area contributed by atoms with E-state index in [1.54, 1.807) is 18.4 Å². The highest BCUT2D eigenvalue weighted by molar-refractivity contribution is 9.11. The van der Waals surface area contributed by atoms with Gasteiger partial charge in [-0.3, -0.25) is 0 Å². The first kappa shape index (κ1) is 10.1. The molecule has 0 amide bonds. The molecule has 2 N–H and O–H groups in total. The first-order valence-corrected chi connectivity index (χ1v) is 4.92. The number of halogens is 1. The summed E-state index contributed by atoms with van der Waals surface area (Å²) in [5.74, 6) is -0.672. The molecule has 2 aliphatic heterocycles. The molecule has 0 fully saturated rings. The molecule has 0 radical (unpaired) electrons. The first-order valence-electron chi connectivity index (χ1n) is 4.12. The van der Waals surface area contributed by atoms with Crippen LogP contribution in [0.4, 0.5) is 0 Å². The summed E-state index contributed by atoms with van der Waals surface area (Å²) < 4.78 is 0.817. The number of hydrogen-bond acceptors (Lipinski definition) is 4. The smallest absolute Gasteiger partial charge is 0.337 e. The van der Waals surface area contributed by atoms with Crippen molar-refractivity contribution in [3.8, 4) is 0 Å². The number of aliphatic hydroxyl groups is 1. The van der Waals surface area contributed by atoms with Gasteiger partial charge in [-0.15, -0.1) is 0 Å². The van der Waals surface area contributed by atoms with Crippen LogP contribution in [0.15, 0.2) is 39.6 Å². The molecule has 0 bridgehead atoms. The number of carbonyl (C=O) groups is 1. The monoisotopic (exact) mass is 270 g/mol. The van der Waals surface area contributed by atoms with Gasteiger partial charge in [0.05, 0.1) is 0 Å². The highest BCUT2D eigenvalue weighted by Gasteiger charge is 2.29. The predicted molar refractivity (Wildman–Crippen MR) is 57.1 cm³/mol. The zero-order valence-electron chi connectivity index (χ0n) is 7.46. The quantitative estimate of drug-likeness (QED) is 0.739. The van der Waals surface area contributed by atoms with Crippen LogP contribution in [0.5, 0.6) is 0 Å². The van der Waals surface area contributed by atoms with E-state index in [9.17, 15) is 9.90 Å². The van der Waals surface area contributed by atoms with E-state index in [-0.39, 0.29) is 5.57 Å². The summed E-state index contributed by atoms with van der Waals surface area (Å²) in [6.45, 7) is 0. The van der Waals surface area contributed by atoms with Crippen molar-refractivity contribution in [3.05, 3.63) is 34.6 Å². The minimum absolute atomic E-state index is 0.144. The number of hydrogen-bond donors (Lipinski definition) is 2. The van der Waals surface area contributed by atoms with Crippen molar-refractivity contribution < 1.29 is 15.0 Å². The van der Waals surface area contributed by atoms with Crippen molar-refractivity contribution in [2.75, 3.05) is 0 Å². The van der Waals surface area contributed by atoms with Gasteiger partial charge in [-0.2, -0.15) is 0 Å². The summed E-state index contributed by atoms with van der Waals surface area (Å²) in [5, 5.41) is 18.5. The van der Waals surface area contributed by atoms with E-state index in [0.29, 0.717) is 5.84 Å². The lowest BCUT2D eigenvalue weighted by atomic mass is 10.2. The summed E-state index contributed by atoms with van der Waals surface area (Å²) in [6, 6.07) is 0. The van der Waals surface area contributed by atoms with Gasteiger partial charge in [-0.25, -0.2) is 9.79 Å². The SMILES string of the molecule is O=C(O)C1=CN=C2C=C(Br)C=CN2[C@H]1O. The maximum absolute atomic E-state index is 10.7. The lowest BCUT2D eigenvalue weighted by molar-refractivity contribution is -0.134. The predicted octanol–water partition coefficient (Wildman–Crippen LogP) is 0.794. The van der Waals surface area contributed by atoms with E-state index in [2.05, 4.69) is 20.9 Å². The largest absolute Gasteiger partial charge is 0.478 e. The molecule has 0 aromatic heterocycles. The Morgan fingerprint density at radius 1 is 1.60 bits per heavy atom. The summed E-state index contributed by atoms with van der Waals surface area (Å²) in [7, 11) is 0. The van der Waals surface area contributed by atoms with Crippen LogP contribution < -0.4 is 0 Å². The van der Waals surface area contributed by atoms with Crippen LogP contribution in [0.2, 0.25) is 0 Å². The minimum atomic E-state index is -1.19. The third-order valence-corrected chi connectivity index (χ3v) is 2.54. The van der Waals surface area contributed by atoms with Crippen molar-refractivity contribution in [1.82, 2.24) is 4.90 Å². The molecule has 0 aromatic carbocycles. The average molecular weight is 271 g/mol. The van der Waals surface area contributed by atoms with Crippen molar-refractivity contribution >= 4 is 27.7 Å². The lowest BCUT2D eigenvalue weighted by Crippen LogP contribution is -2.41. The van der Waals surface area contributed by atoms with Crippen LogP contribution in [0.25, 0.3) is 0 Å². The average Bonchev–Trinajstić information content (AvgIpc) is 2.17. The fourth-order valence-electron chi connectivity index (χ4n) is 1.30. The zero-order valence-corrected chi connectivity index (χ0v) is 9.05. The Bertz CT molecular complexity index is 437. The fourth-order valence-corrected chi connectivity index (χ4v) is 1.63. The molecular formula is C9H7BrN2O3. The topological polar surface area (TPSA) is 73.1 Å². The molecule has 15 heavy (non-hydrogen) atoms. The molecule has 78 valence electrons. The van der Waals surface area contributed by atoms with Crippen LogP contribution in [0.1, 0.15) is 0 Å². The molecule has 0 unspecified atom stereocenters. The molecule has 2 aliphatic rings. The molecule has 0 aliphatic carbocycles. The third kappa shape index (κ3) is 1.73. The van der Waals surface area contributed by atoms with Crippen molar-refractivity contribution in [3.63, 3.8) is 0 Å². The summed E-state index contributed by atoms with van der Waals surface area (Å²) in [6.07, 6.45) is 4.94. The molecule has 2 rings (SSSR count). The van der Waals surface area contributed by atoms with Gasteiger partial charge in [-0.05, 0) is 12.2 Å². The lowest BCUT2D eigenvalue weighted by Gasteiger charge is -2.30. The van der Waals surface area contributed by atoms with E-state index in [4.69, 9.17) is 5.11 Å². The molecule has 6 heteroatoms. The number of amidine groups is 1. The summed E-state index contributed by atoms with van der Waals surface area (Å²) in [4.78, 5) is 16.1. The number of rotatable bonds is 1. The number of aliphatic carboxylic acids is 1. The molecule has 1 atom stereocenters. The standard InChI is InChI=1S/C9H7BrN2O3/c10-5-1-2-12-7(3-5)11-4-6(8(12)13)9(14)15/h1-4,8,13H,(H,14,15)/t8-/m0/s1. The number of carboxylic acid groups (broad SMARTS) is 1. The van der Waals surface area contributed by atoms with Crippen LogP contribution in [-0.4, -0.2) is 33.1 Å². The van der Waals surface area contributed by atoms with Gasteiger partial charge < -0.3 is 15.1 Å². The molecule has 0 saturated heterocycles. The summed E-state index contributed by atoms with van der Waals surface area (Å²) in [5.41, 5.74) is -0.144. The molecule has 2 heterocycles. The fraction of sp³-hybridized carbons (Fsp3) is 0.111. The molecule has 0 saturated carbocycles. The van der Waals surface area contributed by atoms with E-state index in [0.717, 1.165) is 10.7 Å². The Balaban J connectivity index is 2.40. The molecule has 5 nitrogen and oxygen atoms in total. The number of aliphatic hydroxyl groups excluding tert-OH is 1. The van der Waals surface area contributed by atoms with Gasteiger partial charge in [0.15, 0.2) is 6.23 Å². The van der Waals surface area contributed by atoms with Crippen molar-refractivity contribution in [1.29, 1.82) is 0 Å². The molecule has 0 aromatic rings. The Morgan fingerprint density at radius 2 is 2.33 bits per heavy atom. The number of fused-ring (bicyclic) bond motifs is 1. The highest BCUT2D eigenvalue weighted by atomic mass is 79.9. The van der Waals surface area contributed by atoms with Gasteiger partial charge in [0.1, 0.15) is 11.4 Å². The van der Waals surface area contributed by atoms with Crippen LogP contribution in [-0.2, 0) is 4.79 Å². The van der Waals surface area contributed by atoms with E-state index < -0.39 is 12.2 Å². The third-order valence-electron chi connectivity index (χ3n) is 2.05. The Labute approximate surface area is 93.9 Å². The van der Waals surface area contributed by atoms with Crippen molar-refractivity contribution in [2.45, 2.75) is 6.23 Å². The maximum atomic E-state index is 10.7. The normalized spacial score (nSPS) is 24.0. The number of carboxylic acids is 1. The van der Waals surface area contributed by atoms with Gasteiger partial charge in [0.25, 0.3) is 0 Å². The van der Waals surface area contributed by atoms with Crippen LogP contribution in [0, 0.1) is 0 Å². The maximum Gasteiger partial charge on any atom is 0.337 e. The number of nitrogens with zero attached hydrogens (tertiary/aromatic N) is 2. The van der Waals surface area contributed by atoms with E-state index in [1.165, 1.54) is 4.90 Å².